The summed E-state index contributed by atoms with van der Waals surface area (Å²) in [4.78, 5) is 12.6. The standard InChI is InChI=1S/C12H21N5O3/c1-3-13-9-14-10(16-11(15-9)19-2)17-12(8-18)4-6-20-7-5-12/h18H,3-8H2,1-2H3,(H2,13,14,15,16,17). The van der Waals surface area contributed by atoms with E-state index in [1.165, 1.54) is 7.11 Å². The van der Waals surface area contributed by atoms with Crippen LogP contribution in [-0.4, -0.2) is 59.1 Å². The molecule has 0 unspecified atom stereocenters. The second-order valence-electron chi connectivity index (χ2n) is 4.68. The molecule has 0 amide bonds. The van der Waals surface area contributed by atoms with Gasteiger partial charge in [-0.1, -0.05) is 0 Å². The van der Waals surface area contributed by atoms with Crippen molar-refractivity contribution in [2.75, 3.05) is 44.1 Å². The average Bonchev–Trinajstić information content (AvgIpc) is 2.48. The van der Waals surface area contributed by atoms with Gasteiger partial charge in [0.05, 0.1) is 19.3 Å². The van der Waals surface area contributed by atoms with E-state index >= 15 is 0 Å². The molecule has 112 valence electrons. The minimum absolute atomic E-state index is 0.000891. The molecule has 2 rings (SSSR count). The lowest BCUT2D eigenvalue weighted by atomic mass is 9.91. The first-order chi connectivity index (χ1) is 9.71. The van der Waals surface area contributed by atoms with Crippen LogP contribution in [0, 0.1) is 0 Å². The first-order valence-electron chi connectivity index (χ1n) is 6.72. The molecular formula is C12H21N5O3. The highest BCUT2D eigenvalue weighted by Crippen LogP contribution is 2.25. The first kappa shape index (κ1) is 14.7. The number of anilines is 2. The van der Waals surface area contributed by atoms with Gasteiger partial charge in [0, 0.05) is 19.8 Å². The summed E-state index contributed by atoms with van der Waals surface area (Å²) in [5.41, 5.74) is -0.450. The molecule has 0 bridgehead atoms. The smallest absolute Gasteiger partial charge is 0.322 e. The summed E-state index contributed by atoms with van der Waals surface area (Å²) in [7, 11) is 1.51. The Morgan fingerprint density at radius 3 is 2.55 bits per heavy atom. The summed E-state index contributed by atoms with van der Waals surface area (Å²) in [6.45, 7) is 3.87. The van der Waals surface area contributed by atoms with Crippen molar-refractivity contribution in [2.24, 2.45) is 0 Å². The highest BCUT2D eigenvalue weighted by atomic mass is 16.5. The van der Waals surface area contributed by atoms with Gasteiger partial charge in [-0.2, -0.15) is 15.0 Å². The van der Waals surface area contributed by atoms with E-state index in [-0.39, 0.29) is 12.6 Å². The maximum absolute atomic E-state index is 9.67. The zero-order chi connectivity index (χ0) is 14.4. The molecule has 1 fully saturated rings. The number of rotatable bonds is 6. The molecule has 0 radical (unpaired) electrons. The van der Waals surface area contributed by atoms with Crippen LogP contribution in [0.2, 0.25) is 0 Å². The van der Waals surface area contributed by atoms with E-state index in [0.717, 1.165) is 0 Å². The van der Waals surface area contributed by atoms with Crippen molar-refractivity contribution >= 4 is 11.9 Å². The number of hydrogen-bond acceptors (Lipinski definition) is 8. The van der Waals surface area contributed by atoms with Crippen molar-refractivity contribution in [3.05, 3.63) is 0 Å². The van der Waals surface area contributed by atoms with Crippen LogP contribution in [0.3, 0.4) is 0 Å². The molecular weight excluding hydrogens is 262 g/mol. The van der Waals surface area contributed by atoms with Crippen molar-refractivity contribution in [3.63, 3.8) is 0 Å². The summed E-state index contributed by atoms with van der Waals surface area (Å²) in [5, 5.41) is 15.9. The normalized spacial score (nSPS) is 17.6. The Balaban J connectivity index is 2.19. The Kier molecular flexibility index (Phi) is 4.91. The molecule has 2 heterocycles. The van der Waals surface area contributed by atoms with Gasteiger partial charge in [-0.15, -0.1) is 0 Å². The third-order valence-corrected chi connectivity index (χ3v) is 3.26. The Morgan fingerprint density at radius 2 is 1.95 bits per heavy atom. The van der Waals surface area contributed by atoms with Gasteiger partial charge in [-0.3, -0.25) is 0 Å². The summed E-state index contributed by atoms with van der Waals surface area (Å²) in [6.07, 6.45) is 1.40. The van der Waals surface area contributed by atoms with E-state index in [0.29, 0.717) is 44.5 Å². The number of hydrogen-bond donors (Lipinski definition) is 3. The van der Waals surface area contributed by atoms with Gasteiger partial charge < -0.3 is 25.2 Å². The molecule has 8 nitrogen and oxygen atoms in total. The first-order valence-corrected chi connectivity index (χ1v) is 6.72. The molecule has 3 N–H and O–H groups in total. The molecule has 0 aliphatic carbocycles. The molecule has 1 saturated heterocycles. The molecule has 1 aromatic rings. The molecule has 0 spiro atoms. The van der Waals surface area contributed by atoms with Gasteiger partial charge in [0.2, 0.25) is 11.9 Å². The number of aliphatic hydroxyl groups is 1. The highest BCUT2D eigenvalue weighted by molar-refractivity contribution is 5.38. The van der Waals surface area contributed by atoms with Gasteiger partial charge in [0.25, 0.3) is 0 Å². The number of ether oxygens (including phenoxy) is 2. The predicted octanol–water partition coefficient (Wildman–Crippen LogP) is 0.265. The fraction of sp³-hybridized carbons (Fsp3) is 0.750. The molecule has 0 atom stereocenters. The van der Waals surface area contributed by atoms with Crippen molar-refractivity contribution in [1.82, 2.24) is 15.0 Å². The monoisotopic (exact) mass is 283 g/mol. The van der Waals surface area contributed by atoms with Crippen LogP contribution in [-0.2, 0) is 4.74 Å². The maximum Gasteiger partial charge on any atom is 0.322 e. The van der Waals surface area contributed by atoms with E-state index in [1.807, 2.05) is 6.92 Å². The van der Waals surface area contributed by atoms with E-state index in [4.69, 9.17) is 9.47 Å². The van der Waals surface area contributed by atoms with Crippen LogP contribution in [0.25, 0.3) is 0 Å². The van der Waals surface area contributed by atoms with Gasteiger partial charge in [0.15, 0.2) is 0 Å². The summed E-state index contributed by atoms with van der Waals surface area (Å²) in [5.74, 6) is 0.839. The molecule has 1 aromatic heterocycles. The zero-order valence-electron chi connectivity index (χ0n) is 11.8. The molecule has 8 heteroatoms. The maximum atomic E-state index is 9.67. The number of aromatic nitrogens is 3. The Labute approximate surface area is 117 Å². The molecule has 1 aliphatic rings. The largest absolute Gasteiger partial charge is 0.467 e. The third-order valence-electron chi connectivity index (χ3n) is 3.26. The third kappa shape index (κ3) is 3.45. The van der Waals surface area contributed by atoms with Crippen LogP contribution in [0.5, 0.6) is 6.01 Å². The van der Waals surface area contributed by atoms with Gasteiger partial charge in [-0.05, 0) is 19.8 Å². The Morgan fingerprint density at radius 1 is 1.25 bits per heavy atom. The lowest BCUT2D eigenvalue weighted by molar-refractivity contribution is 0.0376. The minimum atomic E-state index is -0.450. The van der Waals surface area contributed by atoms with Crippen LogP contribution >= 0.6 is 0 Å². The summed E-state index contributed by atoms with van der Waals surface area (Å²) in [6, 6.07) is 0.235. The number of nitrogens with one attached hydrogen (secondary N) is 2. The molecule has 0 saturated carbocycles. The van der Waals surface area contributed by atoms with Crippen LogP contribution in [0.15, 0.2) is 0 Å². The predicted molar refractivity (Wildman–Crippen MR) is 74.0 cm³/mol. The van der Waals surface area contributed by atoms with Crippen molar-refractivity contribution < 1.29 is 14.6 Å². The second-order valence-corrected chi connectivity index (χ2v) is 4.68. The zero-order valence-corrected chi connectivity index (χ0v) is 11.8. The highest BCUT2D eigenvalue weighted by Gasteiger charge is 2.33. The fourth-order valence-electron chi connectivity index (χ4n) is 2.06. The number of nitrogens with zero attached hydrogens (tertiary/aromatic N) is 3. The Hall–Kier alpha value is -1.67. The summed E-state index contributed by atoms with van der Waals surface area (Å²) < 4.78 is 10.4. The number of aliphatic hydroxyl groups excluding tert-OH is 1. The quantitative estimate of drug-likeness (QED) is 0.683. The van der Waals surface area contributed by atoms with Gasteiger partial charge >= 0.3 is 6.01 Å². The molecule has 1 aliphatic heterocycles. The van der Waals surface area contributed by atoms with Crippen LogP contribution in [0.1, 0.15) is 19.8 Å². The van der Waals surface area contributed by atoms with Crippen LogP contribution in [0.4, 0.5) is 11.9 Å². The van der Waals surface area contributed by atoms with Crippen molar-refractivity contribution in [1.29, 1.82) is 0 Å². The summed E-state index contributed by atoms with van der Waals surface area (Å²) >= 11 is 0. The van der Waals surface area contributed by atoms with Gasteiger partial charge in [0.1, 0.15) is 0 Å². The molecule has 0 aromatic carbocycles. The van der Waals surface area contributed by atoms with E-state index < -0.39 is 5.54 Å². The number of methoxy groups -OCH3 is 1. The van der Waals surface area contributed by atoms with E-state index in [9.17, 15) is 5.11 Å². The minimum Gasteiger partial charge on any atom is -0.467 e. The van der Waals surface area contributed by atoms with E-state index in [1.54, 1.807) is 0 Å². The fourth-order valence-corrected chi connectivity index (χ4v) is 2.06. The van der Waals surface area contributed by atoms with Crippen molar-refractivity contribution in [2.45, 2.75) is 25.3 Å². The molecule has 20 heavy (non-hydrogen) atoms. The SMILES string of the molecule is CCNc1nc(NC2(CO)CCOCC2)nc(OC)n1. The second kappa shape index (κ2) is 6.67. The van der Waals surface area contributed by atoms with Crippen molar-refractivity contribution in [3.8, 4) is 6.01 Å². The topological polar surface area (TPSA) is 101 Å². The van der Waals surface area contributed by atoms with Gasteiger partial charge in [-0.25, -0.2) is 0 Å². The Bertz CT molecular complexity index is 437. The lowest BCUT2D eigenvalue weighted by Crippen LogP contribution is -2.47. The van der Waals surface area contributed by atoms with Crippen LogP contribution < -0.4 is 15.4 Å². The lowest BCUT2D eigenvalue weighted by Gasteiger charge is -2.36. The average molecular weight is 283 g/mol. The van der Waals surface area contributed by atoms with E-state index in [2.05, 4.69) is 25.6 Å².